The molecule has 0 spiro atoms. The van der Waals surface area contributed by atoms with Gasteiger partial charge in [0, 0.05) is 37.8 Å². The SMILES string of the molecule is C[C@H]1CCC[C@H](C)N(C(=O)CCc2nc(-c3ncccn3)no2)C1. The summed E-state index contributed by atoms with van der Waals surface area (Å²) in [6, 6.07) is 2.03. The van der Waals surface area contributed by atoms with Crippen LogP contribution >= 0.6 is 0 Å². The van der Waals surface area contributed by atoms with Gasteiger partial charge in [-0.25, -0.2) is 9.97 Å². The van der Waals surface area contributed by atoms with E-state index in [9.17, 15) is 4.79 Å². The van der Waals surface area contributed by atoms with E-state index in [1.807, 2.05) is 4.90 Å². The van der Waals surface area contributed by atoms with Crippen LogP contribution in [0.4, 0.5) is 0 Å². The predicted octanol–water partition coefficient (Wildman–Crippen LogP) is 2.50. The van der Waals surface area contributed by atoms with Crippen LogP contribution in [0.2, 0.25) is 0 Å². The summed E-state index contributed by atoms with van der Waals surface area (Å²) >= 11 is 0. The molecule has 3 rings (SSSR count). The van der Waals surface area contributed by atoms with Crippen molar-refractivity contribution in [3.05, 3.63) is 24.4 Å². The van der Waals surface area contributed by atoms with E-state index >= 15 is 0 Å². The molecule has 2 aromatic heterocycles. The van der Waals surface area contributed by atoms with Gasteiger partial charge in [-0.2, -0.15) is 4.98 Å². The number of hydrogen-bond donors (Lipinski definition) is 0. The Hall–Kier alpha value is -2.31. The van der Waals surface area contributed by atoms with Crippen molar-refractivity contribution in [2.45, 2.75) is 52.0 Å². The first-order valence-electron chi connectivity index (χ1n) is 8.53. The van der Waals surface area contributed by atoms with E-state index in [-0.39, 0.29) is 5.91 Å². The highest BCUT2D eigenvalue weighted by atomic mass is 16.5. The normalized spacial score (nSPS) is 21.5. The van der Waals surface area contributed by atoms with Gasteiger partial charge >= 0.3 is 0 Å². The second-order valence-electron chi connectivity index (χ2n) is 6.52. The summed E-state index contributed by atoms with van der Waals surface area (Å²) in [5.74, 6) is 1.95. The molecule has 1 saturated heterocycles. The zero-order valence-electron chi connectivity index (χ0n) is 14.2. The third-order valence-corrected chi connectivity index (χ3v) is 4.47. The van der Waals surface area contributed by atoms with Gasteiger partial charge in [-0.15, -0.1) is 0 Å². The molecule has 0 radical (unpaired) electrons. The zero-order chi connectivity index (χ0) is 16.9. The van der Waals surface area contributed by atoms with Gasteiger partial charge in [0.1, 0.15) is 0 Å². The van der Waals surface area contributed by atoms with Gasteiger partial charge in [-0.05, 0) is 31.7 Å². The molecule has 3 heterocycles. The zero-order valence-corrected chi connectivity index (χ0v) is 14.2. The van der Waals surface area contributed by atoms with Crippen LogP contribution in [0.25, 0.3) is 11.6 Å². The largest absolute Gasteiger partial charge is 0.340 e. The number of amides is 1. The summed E-state index contributed by atoms with van der Waals surface area (Å²) in [6.07, 6.45) is 7.54. The van der Waals surface area contributed by atoms with Crippen LogP contribution in [0.1, 0.15) is 45.4 Å². The predicted molar refractivity (Wildman–Crippen MR) is 87.8 cm³/mol. The fraction of sp³-hybridized carbons (Fsp3) is 0.588. The molecule has 0 unspecified atom stereocenters. The van der Waals surface area contributed by atoms with Crippen LogP contribution in [-0.2, 0) is 11.2 Å². The molecule has 2 atom stereocenters. The molecule has 0 saturated carbocycles. The molecule has 7 nitrogen and oxygen atoms in total. The van der Waals surface area contributed by atoms with Crippen molar-refractivity contribution >= 4 is 5.91 Å². The maximum absolute atomic E-state index is 12.6. The molecule has 1 aliphatic heterocycles. The van der Waals surface area contributed by atoms with Gasteiger partial charge in [-0.1, -0.05) is 18.5 Å². The summed E-state index contributed by atoms with van der Waals surface area (Å²) < 4.78 is 5.22. The minimum atomic E-state index is 0.159. The molecule has 7 heteroatoms. The molecular formula is C17H23N5O2. The first-order valence-corrected chi connectivity index (χ1v) is 8.53. The van der Waals surface area contributed by atoms with Crippen LogP contribution in [0, 0.1) is 5.92 Å². The van der Waals surface area contributed by atoms with Crippen molar-refractivity contribution in [3.8, 4) is 11.6 Å². The van der Waals surface area contributed by atoms with Gasteiger partial charge in [0.2, 0.25) is 23.4 Å². The number of aromatic nitrogens is 4. The Labute approximate surface area is 141 Å². The molecule has 0 bridgehead atoms. The summed E-state index contributed by atoms with van der Waals surface area (Å²) in [4.78, 5) is 27.0. The lowest BCUT2D eigenvalue weighted by molar-refractivity contribution is -0.133. The van der Waals surface area contributed by atoms with Gasteiger partial charge in [0.25, 0.3) is 0 Å². The molecule has 0 aromatic carbocycles. The number of nitrogens with zero attached hydrogens (tertiary/aromatic N) is 5. The standard InChI is InChI=1S/C17H23N5O2/c1-12-5-3-6-13(2)22(11-12)15(23)8-7-14-20-17(21-24-14)16-18-9-4-10-19-16/h4,9-10,12-13H,3,5-8,11H2,1-2H3/t12-,13-/m0/s1. The number of carbonyl (C=O) groups excluding carboxylic acids is 1. The first-order chi connectivity index (χ1) is 11.6. The van der Waals surface area contributed by atoms with Crippen molar-refractivity contribution in [1.29, 1.82) is 0 Å². The Balaban J connectivity index is 1.59. The molecule has 0 N–H and O–H groups in total. The van der Waals surface area contributed by atoms with Crippen molar-refractivity contribution in [3.63, 3.8) is 0 Å². The lowest BCUT2D eigenvalue weighted by Crippen LogP contribution is -2.39. The quantitative estimate of drug-likeness (QED) is 0.857. The summed E-state index contributed by atoms with van der Waals surface area (Å²) in [6.45, 7) is 5.18. The molecule has 128 valence electrons. The molecular weight excluding hydrogens is 306 g/mol. The van der Waals surface area contributed by atoms with Crippen LogP contribution in [0.5, 0.6) is 0 Å². The van der Waals surface area contributed by atoms with Gasteiger partial charge in [0.15, 0.2) is 0 Å². The monoisotopic (exact) mass is 329 g/mol. The molecule has 1 aliphatic rings. The van der Waals surface area contributed by atoms with E-state index in [2.05, 4.69) is 34.0 Å². The van der Waals surface area contributed by atoms with Crippen molar-refractivity contribution in [1.82, 2.24) is 25.0 Å². The average Bonchev–Trinajstić information content (AvgIpc) is 3.00. The van der Waals surface area contributed by atoms with E-state index < -0.39 is 0 Å². The van der Waals surface area contributed by atoms with E-state index in [1.165, 1.54) is 12.8 Å². The number of aryl methyl sites for hydroxylation is 1. The highest BCUT2D eigenvalue weighted by Crippen LogP contribution is 2.21. The van der Waals surface area contributed by atoms with E-state index in [4.69, 9.17) is 4.52 Å². The Morgan fingerprint density at radius 2 is 2.04 bits per heavy atom. The van der Waals surface area contributed by atoms with Crippen LogP contribution < -0.4 is 0 Å². The topological polar surface area (TPSA) is 85.0 Å². The minimum Gasteiger partial charge on any atom is -0.340 e. The van der Waals surface area contributed by atoms with Crippen molar-refractivity contribution in [2.24, 2.45) is 5.92 Å². The maximum atomic E-state index is 12.6. The summed E-state index contributed by atoms with van der Waals surface area (Å²) in [5, 5.41) is 3.88. The van der Waals surface area contributed by atoms with Gasteiger partial charge in [-0.3, -0.25) is 4.79 Å². The van der Waals surface area contributed by atoms with E-state index in [0.29, 0.717) is 42.3 Å². The fourth-order valence-electron chi connectivity index (χ4n) is 3.09. The highest BCUT2D eigenvalue weighted by Gasteiger charge is 2.25. The summed E-state index contributed by atoms with van der Waals surface area (Å²) in [5.41, 5.74) is 0. The fourth-order valence-corrected chi connectivity index (χ4v) is 3.09. The van der Waals surface area contributed by atoms with Gasteiger partial charge in [0.05, 0.1) is 0 Å². The van der Waals surface area contributed by atoms with E-state index in [0.717, 1.165) is 13.0 Å². The molecule has 24 heavy (non-hydrogen) atoms. The second kappa shape index (κ2) is 7.51. The number of hydrogen-bond acceptors (Lipinski definition) is 6. The first kappa shape index (κ1) is 16.5. The Morgan fingerprint density at radius 3 is 2.83 bits per heavy atom. The Bertz CT molecular complexity index is 673. The summed E-state index contributed by atoms with van der Waals surface area (Å²) in [7, 11) is 0. The Morgan fingerprint density at radius 1 is 1.25 bits per heavy atom. The molecule has 2 aromatic rings. The lowest BCUT2D eigenvalue weighted by Gasteiger charge is -2.28. The number of carbonyl (C=O) groups is 1. The second-order valence-corrected chi connectivity index (χ2v) is 6.52. The van der Waals surface area contributed by atoms with Gasteiger partial charge < -0.3 is 9.42 Å². The van der Waals surface area contributed by atoms with Crippen LogP contribution in [-0.4, -0.2) is 43.5 Å². The van der Waals surface area contributed by atoms with Crippen LogP contribution in [0.15, 0.2) is 23.0 Å². The lowest BCUT2D eigenvalue weighted by atomic mass is 10.1. The molecule has 1 fully saturated rings. The average molecular weight is 329 g/mol. The Kier molecular flexibility index (Phi) is 5.17. The maximum Gasteiger partial charge on any atom is 0.240 e. The van der Waals surface area contributed by atoms with Crippen LogP contribution in [0.3, 0.4) is 0 Å². The van der Waals surface area contributed by atoms with Crippen molar-refractivity contribution < 1.29 is 9.32 Å². The molecule has 0 aliphatic carbocycles. The highest BCUT2D eigenvalue weighted by molar-refractivity contribution is 5.76. The smallest absolute Gasteiger partial charge is 0.240 e. The number of rotatable bonds is 4. The molecule has 1 amide bonds. The van der Waals surface area contributed by atoms with E-state index in [1.54, 1.807) is 18.5 Å². The van der Waals surface area contributed by atoms with Crippen molar-refractivity contribution in [2.75, 3.05) is 6.54 Å². The minimum absolute atomic E-state index is 0.159. The number of likely N-dealkylation sites (tertiary alicyclic amines) is 1. The third-order valence-electron chi connectivity index (χ3n) is 4.47. The third kappa shape index (κ3) is 3.96.